The van der Waals surface area contributed by atoms with Crippen LogP contribution in [0.4, 0.5) is 11.4 Å². The Morgan fingerprint density at radius 2 is 1.77 bits per heavy atom. The number of benzene rings is 1. The van der Waals surface area contributed by atoms with Gasteiger partial charge in [0.05, 0.1) is 29.8 Å². The number of pyridine rings is 1. The Labute approximate surface area is 184 Å². The van der Waals surface area contributed by atoms with Gasteiger partial charge in [-0.15, -0.1) is 15.3 Å². The van der Waals surface area contributed by atoms with E-state index in [1.165, 1.54) is 44.9 Å². The van der Waals surface area contributed by atoms with Crippen molar-refractivity contribution in [3.05, 3.63) is 43.6 Å². The van der Waals surface area contributed by atoms with Crippen LogP contribution < -0.4 is 15.0 Å². The third-order valence-electron chi connectivity index (χ3n) is 4.47. The zero-order valence-corrected chi connectivity index (χ0v) is 18.8. The monoisotopic (exact) mass is 492 g/mol. The maximum absolute atomic E-state index is 12.6. The van der Waals surface area contributed by atoms with Crippen LogP contribution in [0, 0.1) is 6.92 Å². The number of amides is 2. The fraction of sp³-hybridized carbons (Fsp3) is 0.263. The van der Waals surface area contributed by atoms with Crippen molar-refractivity contribution in [3.63, 3.8) is 0 Å². The van der Waals surface area contributed by atoms with Crippen molar-refractivity contribution < 1.29 is 28.7 Å². The molecule has 11 nitrogen and oxygen atoms in total. The highest BCUT2D eigenvalue weighted by Crippen LogP contribution is 2.40. The van der Waals surface area contributed by atoms with Crippen LogP contribution in [0.15, 0.2) is 31.6 Å². The van der Waals surface area contributed by atoms with Crippen molar-refractivity contribution in [3.8, 4) is 11.6 Å². The molecule has 1 aromatic carbocycles. The smallest absolute Gasteiger partial charge is 0.308 e. The molecule has 31 heavy (non-hydrogen) atoms. The van der Waals surface area contributed by atoms with E-state index in [2.05, 4.69) is 26.2 Å². The summed E-state index contributed by atoms with van der Waals surface area (Å²) in [4.78, 5) is 53.6. The van der Waals surface area contributed by atoms with Crippen LogP contribution >= 0.6 is 15.9 Å². The number of esters is 1. The number of carbonyl (C=O) groups is 3. The van der Waals surface area contributed by atoms with Gasteiger partial charge in [0.2, 0.25) is 5.88 Å². The van der Waals surface area contributed by atoms with Gasteiger partial charge in [0.1, 0.15) is 11.4 Å². The number of halogens is 1. The van der Waals surface area contributed by atoms with Gasteiger partial charge in [-0.05, 0) is 28.9 Å². The second kappa shape index (κ2) is 8.40. The van der Waals surface area contributed by atoms with E-state index in [1.807, 2.05) is 0 Å². The first-order valence-corrected chi connectivity index (χ1v) is 9.55. The number of azo groups is 1. The van der Waals surface area contributed by atoms with E-state index >= 15 is 0 Å². The van der Waals surface area contributed by atoms with Gasteiger partial charge in [-0.2, -0.15) is 0 Å². The summed E-state index contributed by atoms with van der Waals surface area (Å²) in [6.45, 7) is 2.79. The third kappa shape index (κ3) is 3.75. The quantitative estimate of drug-likeness (QED) is 0.271. The molecule has 0 unspecified atom stereocenters. The molecule has 12 heteroatoms. The van der Waals surface area contributed by atoms with Crippen LogP contribution in [-0.2, 0) is 16.7 Å². The summed E-state index contributed by atoms with van der Waals surface area (Å²) in [5.74, 6) is -1.97. The number of aromatic nitrogens is 1. The lowest BCUT2D eigenvalue weighted by Gasteiger charge is -2.12. The Hall–Kier alpha value is -3.38. The maximum Gasteiger partial charge on any atom is 0.308 e. The average molecular weight is 493 g/mol. The van der Waals surface area contributed by atoms with Gasteiger partial charge >= 0.3 is 5.97 Å². The molecule has 2 heterocycles. The van der Waals surface area contributed by atoms with Gasteiger partial charge in [0.25, 0.3) is 17.4 Å². The lowest BCUT2D eigenvalue weighted by atomic mass is 10.1. The number of hydrogen-bond acceptors (Lipinski definition) is 9. The molecule has 0 atom stereocenters. The van der Waals surface area contributed by atoms with E-state index in [9.17, 15) is 19.2 Å². The van der Waals surface area contributed by atoms with E-state index in [4.69, 9.17) is 14.3 Å². The molecule has 0 spiro atoms. The number of hydrogen-bond donors (Lipinski definition) is 0. The number of methoxy groups -OCH3 is 1. The van der Waals surface area contributed by atoms with Crippen LogP contribution in [0.5, 0.6) is 11.6 Å². The number of ether oxygens (including phenoxy) is 2. The third-order valence-corrected chi connectivity index (χ3v) is 5.44. The zero-order chi connectivity index (χ0) is 23.0. The van der Waals surface area contributed by atoms with Crippen LogP contribution in [0.25, 0.3) is 0 Å². The largest absolute Gasteiger partial charge is 0.480 e. The van der Waals surface area contributed by atoms with Gasteiger partial charge in [0, 0.05) is 25.6 Å². The van der Waals surface area contributed by atoms with E-state index in [0.29, 0.717) is 15.1 Å². The molecular formula is C19H17BrN4O7. The topological polar surface area (TPSA) is 129 Å². The summed E-state index contributed by atoms with van der Waals surface area (Å²) in [5, 5.41) is 8.82. The fourth-order valence-corrected chi connectivity index (χ4v) is 3.48. The van der Waals surface area contributed by atoms with Gasteiger partial charge in [-0.25, -0.2) is 0 Å². The SMILES string of the molecule is COc1c(N=Nc2cc(OC(C)=O)cc3c2C(=O)N(OC)C3=O)c(Br)c(C)c(=O)n1C. The number of carbonyl (C=O) groups excluding carboxylic acids is 3. The molecule has 2 amide bonds. The molecule has 2 aromatic rings. The average Bonchev–Trinajstić information content (AvgIpc) is 2.97. The minimum atomic E-state index is -0.742. The van der Waals surface area contributed by atoms with Crippen molar-refractivity contribution in [1.82, 2.24) is 9.63 Å². The first-order valence-electron chi connectivity index (χ1n) is 8.76. The molecule has 0 radical (unpaired) electrons. The molecule has 0 aliphatic carbocycles. The molecule has 0 saturated heterocycles. The van der Waals surface area contributed by atoms with Gasteiger partial charge < -0.3 is 9.47 Å². The highest BCUT2D eigenvalue weighted by molar-refractivity contribution is 9.10. The standard InChI is InChI=1S/C19H17BrN4O7/c1-8-14(20)15(19(29-4)23(3)16(8)26)22-21-12-7-10(31-9(2)25)6-11-13(12)18(28)24(30-5)17(11)27/h6-7H,1-5H3. The van der Waals surface area contributed by atoms with Crippen molar-refractivity contribution >= 4 is 45.1 Å². The lowest BCUT2D eigenvalue weighted by molar-refractivity contribution is -0.131. The summed E-state index contributed by atoms with van der Waals surface area (Å²) in [7, 11) is 4.05. The van der Waals surface area contributed by atoms with Gasteiger partial charge in [0.15, 0.2) is 5.69 Å². The summed E-state index contributed by atoms with van der Waals surface area (Å²) in [6.07, 6.45) is 0. The summed E-state index contributed by atoms with van der Waals surface area (Å²) in [5.41, 5.74) is 0.108. The van der Waals surface area contributed by atoms with Crippen LogP contribution in [0.1, 0.15) is 33.2 Å². The maximum atomic E-state index is 12.6. The van der Waals surface area contributed by atoms with Crippen LogP contribution in [0.2, 0.25) is 0 Å². The molecular weight excluding hydrogens is 476 g/mol. The van der Waals surface area contributed by atoms with Gasteiger partial charge in [-0.3, -0.25) is 28.6 Å². The van der Waals surface area contributed by atoms with Crippen molar-refractivity contribution in [2.24, 2.45) is 17.3 Å². The van der Waals surface area contributed by atoms with Crippen molar-refractivity contribution in [2.75, 3.05) is 14.2 Å². The molecule has 0 saturated carbocycles. The minimum absolute atomic E-state index is 0.00183. The van der Waals surface area contributed by atoms with Crippen LogP contribution in [-0.4, -0.2) is 41.6 Å². The number of fused-ring (bicyclic) bond motifs is 1. The molecule has 1 aliphatic heterocycles. The minimum Gasteiger partial charge on any atom is -0.480 e. The van der Waals surface area contributed by atoms with E-state index < -0.39 is 17.8 Å². The molecule has 0 bridgehead atoms. The Kier molecular flexibility index (Phi) is 6.04. The van der Waals surface area contributed by atoms with E-state index in [-0.39, 0.29) is 39.7 Å². The number of rotatable bonds is 5. The molecule has 162 valence electrons. The Bertz CT molecular complexity index is 1220. The molecule has 1 aromatic heterocycles. The summed E-state index contributed by atoms with van der Waals surface area (Å²) < 4.78 is 12.0. The van der Waals surface area contributed by atoms with Gasteiger partial charge in [-0.1, -0.05) is 0 Å². The molecule has 3 rings (SSSR count). The Morgan fingerprint density at radius 1 is 1.10 bits per heavy atom. The van der Waals surface area contributed by atoms with Crippen molar-refractivity contribution in [1.29, 1.82) is 0 Å². The molecule has 0 N–H and O–H groups in total. The van der Waals surface area contributed by atoms with E-state index in [1.54, 1.807) is 6.92 Å². The summed E-state index contributed by atoms with van der Waals surface area (Å²) in [6, 6.07) is 2.55. The number of hydroxylamine groups is 2. The Morgan fingerprint density at radius 3 is 2.35 bits per heavy atom. The molecule has 0 fully saturated rings. The number of imide groups is 1. The molecule has 1 aliphatic rings. The zero-order valence-electron chi connectivity index (χ0n) is 17.2. The second-order valence-electron chi connectivity index (χ2n) is 6.41. The predicted octanol–water partition coefficient (Wildman–Crippen LogP) is 2.96. The highest BCUT2D eigenvalue weighted by Gasteiger charge is 2.39. The van der Waals surface area contributed by atoms with Crippen LogP contribution in [0.3, 0.4) is 0 Å². The first-order chi connectivity index (χ1) is 14.6. The Balaban J connectivity index is 2.23. The number of nitrogens with zero attached hydrogens (tertiary/aromatic N) is 4. The first kappa shape index (κ1) is 22.3. The van der Waals surface area contributed by atoms with E-state index in [0.717, 1.165) is 0 Å². The van der Waals surface area contributed by atoms with Crippen molar-refractivity contribution in [2.45, 2.75) is 13.8 Å². The normalized spacial score (nSPS) is 13.2. The predicted molar refractivity (Wildman–Crippen MR) is 110 cm³/mol. The highest BCUT2D eigenvalue weighted by atomic mass is 79.9. The second-order valence-corrected chi connectivity index (χ2v) is 7.20. The lowest BCUT2D eigenvalue weighted by Crippen LogP contribution is -2.28. The fourth-order valence-electron chi connectivity index (χ4n) is 3.06. The summed E-state index contributed by atoms with van der Waals surface area (Å²) >= 11 is 3.32.